The zero-order valence-corrected chi connectivity index (χ0v) is 12.6. The second-order valence-corrected chi connectivity index (χ2v) is 6.06. The Labute approximate surface area is 121 Å². The molecule has 0 amide bonds. The quantitative estimate of drug-likeness (QED) is 0.901. The third kappa shape index (κ3) is 2.67. The molecule has 0 heterocycles. The number of benzene rings is 1. The van der Waals surface area contributed by atoms with Crippen LogP contribution in [-0.2, 0) is 10.2 Å². The lowest BCUT2D eigenvalue weighted by Gasteiger charge is -2.36. The molecule has 1 saturated carbocycles. The molecule has 2 rings (SSSR count). The summed E-state index contributed by atoms with van der Waals surface area (Å²) in [6.07, 6.45) is 4.54. The van der Waals surface area contributed by atoms with E-state index in [-0.39, 0.29) is 6.10 Å². The van der Waals surface area contributed by atoms with Gasteiger partial charge in [0.2, 0.25) is 0 Å². The number of aryl methyl sites for hydroxylation is 1. The summed E-state index contributed by atoms with van der Waals surface area (Å²) in [5.41, 5.74) is 1.14. The molecule has 0 radical (unpaired) electrons. The van der Waals surface area contributed by atoms with Gasteiger partial charge in [-0.2, -0.15) is 0 Å². The Bertz CT molecular complexity index is 485. The molecular weight excluding hydrogens is 252 g/mol. The first-order valence-corrected chi connectivity index (χ1v) is 7.47. The zero-order valence-electron chi connectivity index (χ0n) is 12.6. The van der Waals surface area contributed by atoms with Crippen LogP contribution in [0, 0.1) is 6.92 Å². The van der Waals surface area contributed by atoms with Gasteiger partial charge in [0, 0.05) is 5.56 Å². The number of hydrogen-bond acceptors (Lipinski definition) is 2. The average molecular weight is 276 g/mol. The fourth-order valence-corrected chi connectivity index (χ4v) is 3.33. The molecule has 0 saturated heterocycles. The summed E-state index contributed by atoms with van der Waals surface area (Å²) in [6.45, 7) is 5.93. The van der Waals surface area contributed by atoms with Gasteiger partial charge in [0.25, 0.3) is 0 Å². The number of ether oxygens (including phenoxy) is 1. The second-order valence-electron chi connectivity index (χ2n) is 6.06. The summed E-state index contributed by atoms with van der Waals surface area (Å²) in [5.74, 6) is 0.0319. The van der Waals surface area contributed by atoms with E-state index in [1.54, 1.807) is 0 Å². The summed E-state index contributed by atoms with van der Waals surface area (Å²) in [4.78, 5) is 12.0. The highest BCUT2D eigenvalue weighted by molar-refractivity contribution is 5.83. The first-order chi connectivity index (χ1) is 9.47. The average Bonchev–Trinajstić information content (AvgIpc) is 2.38. The molecule has 0 unspecified atom stereocenters. The van der Waals surface area contributed by atoms with Gasteiger partial charge in [-0.05, 0) is 45.2 Å². The lowest BCUT2D eigenvalue weighted by molar-refractivity contribution is -0.145. The Balaban J connectivity index is 2.55. The number of carbonyl (C=O) groups is 1. The molecule has 20 heavy (non-hydrogen) atoms. The lowest BCUT2D eigenvalue weighted by atomic mass is 9.68. The molecular formula is C17H24O3. The van der Waals surface area contributed by atoms with Crippen molar-refractivity contribution in [1.82, 2.24) is 0 Å². The zero-order chi connectivity index (χ0) is 14.8. The van der Waals surface area contributed by atoms with E-state index in [1.807, 2.05) is 39.0 Å². The molecule has 110 valence electrons. The van der Waals surface area contributed by atoms with Crippen molar-refractivity contribution in [3.05, 3.63) is 29.3 Å². The molecule has 0 aromatic heterocycles. The van der Waals surface area contributed by atoms with Gasteiger partial charge in [-0.25, -0.2) is 0 Å². The van der Waals surface area contributed by atoms with Crippen LogP contribution in [-0.4, -0.2) is 17.2 Å². The monoisotopic (exact) mass is 276 g/mol. The Kier molecular flexibility index (Phi) is 4.36. The van der Waals surface area contributed by atoms with Crippen molar-refractivity contribution in [3.8, 4) is 5.75 Å². The van der Waals surface area contributed by atoms with E-state index in [9.17, 15) is 9.90 Å². The molecule has 3 heteroatoms. The van der Waals surface area contributed by atoms with Crippen LogP contribution in [0.4, 0.5) is 0 Å². The van der Waals surface area contributed by atoms with Gasteiger partial charge in [0.1, 0.15) is 5.75 Å². The van der Waals surface area contributed by atoms with Crippen molar-refractivity contribution in [1.29, 1.82) is 0 Å². The van der Waals surface area contributed by atoms with Crippen LogP contribution in [0.25, 0.3) is 0 Å². The van der Waals surface area contributed by atoms with E-state index in [0.29, 0.717) is 12.8 Å². The van der Waals surface area contributed by atoms with Gasteiger partial charge in [-0.3, -0.25) is 4.79 Å². The second kappa shape index (κ2) is 5.86. The van der Waals surface area contributed by atoms with Crippen LogP contribution in [0.2, 0.25) is 0 Å². The van der Waals surface area contributed by atoms with E-state index in [0.717, 1.165) is 36.1 Å². The molecule has 0 spiro atoms. The lowest BCUT2D eigenvalue weighted by Crippen LogP contribution is -2.39. The molecule has 0 bridgehead atoms. The van der Waals surface area contributed by atoms with Crippen molar-refractivity contribution < 1.29 is 14.6 Å². The van der Waals surface area contributed by atoms with E-state index in [4.69, 9.17) is 4.74 Å². The van der Waals surface area contributed by atoms with Gasteiger partial charge in [-0.1, -0.05) is 31.4 Å². The van der Waals surface area contributed by atoms with Gasteiger partial charge < -0.3 is 9.84 Å². The maximum atomic E-state index is 12.0. The minimum absolute atomic E-state index is 0.0463. The van der Waals surface area contributed by atoms with Crippen LogP contribution in [0.3, 0.4) is 0 Å². The first-order valence-electron chi connectivity index (χ1n) is 7.47. The molecule has 0 atom stereocenters. The predicted octanol–water partition coefficient (Wildman–Crippen LogP) is 4.07. The van der Waals surface area contributed by atoms with Crippen molar-refractivity contribution in [2.75, 3.05) is 0 Å². The van der Waals surface area contributed by atoms with Crippen LogP contribution in [0.1, 0.15) is 57.1 Å². The molecule has 0 aliphatic heterocycles. The summed E-state index contributed by atoms with van der Waals surface area (Å²) in [7, 11) is 0. The first kappa shape index (κ1) is 14.9. The van der Waals surface area contributed by atoms with Gasteiger partial charge >= 0.3 is 5.97 Å². The van der Waals surface area contributed by atoms with Crippen LogP contribution in [0.15, 0.2) is 18.2 Å². The summed E-state index contributed by atoms with van der Waals surface area (Å²) in [5, 5.41) is 9.87. The largest absolute Gasteiger partial charge is 0.491 e. The Morgan fingerprint density at radius 2 is 1.90 bits per heavy atom. The van der Waals surface area contributed by atoms with Gasteiger partial charge in [-0.15, -0.1) is 0 Å². The van der Waals surface area contributed by atoms with Crippen molar-refractivity contribution in [2.45, 2.75) is 64.4 Å². The van der Waals surface area contributed by atoms with Crippen LogP contribution in [0.5, 0.6) is 5.75 Å². The highest BCUT2D eigenvalue weighted by Crippen LogP contribution is 2.45. The van der Waals surface area contributed by atoms with Crippen molar-refractivity contribution >= 4 is 5.97 Å². The molecule has 1 fully saturated rings. The van der Waals surface area contributed by atoms with E-state index in [1.165, 1.54) is 0 Å². The third-order valence-corrected chi connectivity index (χ3v) is 4.19. The molecule has 1 aliphatic carbocycles. The van der Waals surface area contributed by atoms with E-state index >= 15 is 0 Å². The normalized spacial score (nSPS) is 18.0. The summed E-state index contributed by atoms with van der Waals surface area (Å²) < 4.78 is 5.89. The van der Waals surface area contributed by atoms with E-state index < -0.39 is 11.4 Å². The molecule has 1 aromatic rings. The Morgan fingerprint density at radius 3 is 2.45 bits per heavy atom. The fraction of sp³-hybridized carbons (Fsp3) is 0.588. The molecule has 3 nitrogen and oxygen atoms in total. The predicted molar refractivity (Wildman–Crippen MR) is 79.3 cm³/mol. The van der Waals surface area contributed by atoms with Crippen LogP contribution >= 0.6 is 0 Å². The standard InChI is InChI=1S/C17H24O3/c1-12(2)20-14-9-7-8-13(3)15(14)17(16(18)19)10-5-4-6-11-17/h7-9,12H,4-6,10-11H2,1-3H3,(H,18,19). The molecule has 1 aromatic carbocycles. The summed E-state index contributed by atoms with van der Waals surface area (Å²) >= 11 is 0. The molecule has 1 N–H and O–H groups in total. The molecule has 1 aliphatic rings. The third-order valence-electron chi connectivity index (χ3n) is 4.19. The number of hydrogen-bond donors (Lipinski definition) is 1. The number of aliphatic carboxylic acids is 1. The van der Waals surface area contributed by atoms with Crippen molar-refractivity contribution in [3.63, 3.8) is 0 Å². The maximum Gasteiger partial charge on any atom is 0.314 e. The number of rotatable bonds is 4. The number of carboxylic acids is 1. The SMILES string of the molecule is Cc1cccc(OC(C)C)c1C1(C(=O)O)CCCCC1. The fourth-order valence-electron chi connectivity index (χ4n) is 3.33. The Morgan fingerprint density at radius 1 is 1.25 bits per heavy atom. The number of carboxylic acid groups (broad SMARTS) is 1. The maximum absolute atomic E-state index is 12.0. The smallest absolute Gasteiger partial charge is 0.314 e. The minimum atomic E-state index is -0.770. The summed E-state index contributed by atoms with van der Waals surface area (Å²) in [6, 6.07) is 5.83. The van der Waals surface area contributed by atoms with Crippen LogP contribution < -0.4 is 4.74 Å². The van der Waals surface area contributed by atoms with Gasteiger partial charge in [0.15, 0.2) is 0 Å². The minimum Gasteiger partial charge on any atom is -0.491 e. The topological polar surface area (TPSA) is 46.5 Å². The highest BCUT2D eigenvalue weighted by atomic mass is 16.5. The Hall–Kier alpha value is -1.51. The van der Waals surface area contributed by atoms with E-state index in [2.05, 4.69) is 0 Å². The van der Waals surface area contributed by atoms with Gasteiger partial charge in [0.05, 0.1) is 11.5 Å². The highest BCUT2D eigenvalue weighted by Gasteiger charge is 2.44. The van der Waals surface area contributed by atoms with Crippen molar-refractivity contribution in [2.24, 2.45) is 0 Å².